The Labute approximate surface area is 60.8 Å². The van der Waals surface area contributed by atoms with Crippen molar-refractivity contribution in [3.05, 3.63) is 0 Å². The van der Waals surface area contributed by atoms with E-state index in [1.54, 1.807) is 13.8 Å². The predicted octanol–water partition coefficient (Wildman–Crippen LogP) is 0.812. The lowest BCUT2D eigenvalue weighted by Gasteiger charge is -2.08. The van der Waals surface area contributed by atoms with E-state index in [1.165, 1.54) is 0 Å². The van der Waals surface area contributed by atoms with Crippen molar-refractivity contribution >= 4 is 21.8 Å². The van der Waals surface area contributed by atoms with Crippen molar-refractivity contribution in [2.24, 2.45) is 0 Å². The molecule has 9 heavy (non-hydrogen) atoms. The zero-order valence-corrected chi connectivity index (χ0v) is 7.04. The molecule has 0 saturated carbocycles. The average molecular weight is 172 g/mol. The third kappa shape index (κ3) is 2.51. The predicted molar refractivity (Wildman–Crippen MR) is 37.7 cm³/mol. The van der Waals surface area contributed by atoms with Crippen molar-refractivity contribution in [2.45, 2.75) is 13.8 Å². The van der Waals surface area contributed by atoms with Crippen molar-refractivity contribution in [3.8, 4) is 0 Å². The lowest BCUT2D eigenvalue weighted by Crippen LogP contribution is -2.22. The van der Waals surface area contributed by atoms with Gasteiger partial charge in [0.1, 0.15) is 0 Å². The second-order valence-corrected chi connectivity index (χ2v) is 4.29. The summed E-state index contributed by atoms with van der Waals surface area (Å²) in [6.45, 7) is 3.55. The number of hydrogen-bond donors (Lipinski definition) is 0. The van der Waals surface area contributed by atoms with E-state index >= 15 is 0 Å². The highest BCUT2D eigenvalue weighted by atomic mass is 35.5. The highest BCUT2D eigenvalue weighted by molar-refractivity contribution is 7.89. The molecule has 0 heterocycles. The maximum atomic E-state index is 10.7. The van der Waals surface area contributed by atoms with Crippen molar-refractivity contribution < 1.29 is 8.42 Å². The normalized spacial score (nSPS) is 12.4. The minimum atomic E-state index is -3.15. The lowest BCUT2D eigenvalue weighted by molar-refractivity contribution is 0.546. The molecule has 0 unspecified atom stereocenters. The molecular formula is C4H10ClNO2S. The van der Waals surface area contributed by atoms with Gasteiger partial charge in [-0.1, -0.05) is 0 Å². The Morgan fingerprint density at radius 2 is 1.89 bits per heavy atom. The van der Waals surface area contributed by atoms with E-state index in [4.69, 9.17) is 11.8 Å². The molecule has 3 nitrogen and oxygen atoms in total. The number of halogens is 1. The maximum Gasteiger partial charge on any atom is 0.227 e. The first-order chi connectivity index (χ1) is 4.04. The van der Waals surface area contributed by atoms with Crippen molar-refractivity contribution in [1.29, 1.82) is 0 Å². The molecule has 0 rings (SSSR count). The average Bonchev–Trinajstić information content (AvgIpc) is 1.86. The summed E-state index contributed by atoms with van der Waals surface area (Å²) in [5.74, 6) is 0.0599. The van der Waals surface area contributed by atoms with E-state index in [1.807, 2.05) is 0 Å². The molecule has 0 amide bonds. The fourth-order valence-corrected chi connectivity index (χ4v) is 1.30. The van der Waals surface area contributed by atoms with Crippen LogP contribution in [0.2, 0.25) is 0 Å². The summed E-state index contributed by atoms with van der Waals surface area (Å²) in [6, 6.07) is 0. The summed E-state index contributed by atoms with van der Waals surface area (Å²) in [6.07, 6.45) is 0. The molecule has 0 N–H and O–H groups in total. The fourth-order valence-electron chi connectivity index (χ4n) is 0.337. The van der Waals surface area contributed by atoms with Crippen molar-refractivity contribution in [1.82, 2.24) is 3.82 Å². The van der Waals surface area contributed by atoms with Crippen LogP contribution in [0.15, 0.2) is 0 Å². The van der Waals surface area contributed by atoms with Crippen LogP contribution in [-0.4, -0.2) is 24.5 Å². The van der Waals surface area contributed by atoms with Gasteiger partial charge in [-0.3, -0.25) is 0 Å². The van der Waals surface area contributed by atoms with Gasteiger partial charge in [-0.05, 0) is 25.6 Å². The zero-order valence-electron chi connectivity index (χ0n) is 5.46. The monoisotopic (exact) mass is 171 g/mol. The Bertz CT molecular complexity index is 165. The van der Waals surface area contributed by atoms with Gasteiger partial charge in [-0.15, -0.1) is 3.82 Å². The Balaban J connectivity index is 4.17. The van der Waals surface area contributed by atoms with Gasteiger partial charge in [-0.25, -0.2) is 8.42 Å². The molecule has 0 aliphatic rings. The topological polar surface area (TPSA) is 37.4 Å². The van der Waals surface area contributed by atoms with Gasteiger partial charge in [0, 0.05) is 6.54 Å². The van der Waals surface area contributed by atoms with Crippen LogP contribution in [0.3, 0.4) is 0 Å². The first-order valence-corrected chi connectivity index (χ1v) is 4.65. The fraction of sp³-hybridized carbons (Fsp3) is 1.00. The minimum Gasteiger partial charge on any atom is -0.211 e. The lowest BCUT2D eigenvalue weighted by atomic mass is 10.8. The molecule has 5 heteroatoms. The molecule has 56 valence electrons. The molecule has 0 aliphatic heterocycles. The second-order valence-electron chi connectivity index (χ2n) is 1.50. The van der Waals surface area contributed by atoms with Crippen molar-refractivity contribution in [2.75, 3.05) is 12.3 Å². The summed E-state index contributed by atoms with van der Waals surface area (Å²) in [4.78, 5) is 0. The standard InChI is InChI=1S/C4H10ClNO2S/c1-3-6(5)9(7,8)4-2/h3-4H2,1-2H3. The Morgan fingerprint density at radius 1 is 1.44 bits per heavy atom. The number of hydrogen-bond acceptors (Lipinski definition) is 2. The third-order valence-electron chi connectivity index (χ3n) is 0.915. The Hall–Kier alpha value is 0.200. The van der Waals surface area contributed by atoms with Crippen LogP contribution in [0.5, 0.6) is 0 Å². The molecule has 0 aliphatic carbocycles. The van der Waals surface area contributed by atoms with E-state index in [-0.39, 0.29) is 5.75 Å². The van der Waals surface area contributed by atoms with E-state index in [2.05, 4.69) is 0 Å². The molecule has 0 aromatic heterocycles. The van der Waals surface area contributed by atoms with Crippen molar-refractivity contribution in [3.63, 3.8) is 0 Å². The molecule has 0 aromatic carbocycles. The first-order valence-electron chi connectivity index (χ1n) is 2.70. The van der Waals surface area contributed by atoms with E-state index < -0.39 is 10.0 Å². The first kappa shape index (κ1) is 9.20. The van der Waals surface area contributed by atoms with Crippen LogP contribution in [0, 0.1) is 0 Å². The highest BCUT2D eigenvalue weighted by Gasteiger charge is 2.13. The molecule has 0 spiro atoms. The van der Waals surface area contributed by atoms with Crippen LogP contribution in [-0.2, 0) is 10.0 Å². The minimum absolute atomic E-state index is 0.0599. The van der Waals surface area contributed by atoms with E-state index in [0.717, 1.165) is 3.82 Å². The molecule has 0 atom stereocenters. The van der Waals surface area contributed by atoms with Gasteiger partial charge < -0.3 is 0 Å². The molecule has 0 aromatic rings. The summed E-state index contributed by atoms with van der Waals surface area (Å²) >= 11 is 5.30. The zero-order chi connectivity index (χ0) is 7.49. The quantitative estimate of drug-likeness (QED) is 0.590. The van der Waals surface area contributed by atoms with E-state index in [9.17, 15) is 8.42 Å². The molecule has 0 fully saturated rings. The largest absolute Gasteiger partial charge is 0.227 e. The Kier molecular flexibility index (Phi) is 3.46. The SMILES string of the molecule is CCN(Cl)S(=O)(=O)CC. The molecule has 0 saturated heterocycles. The summed E-state index contributed by atoms with van der Waals surface area (Å²) in [5.41, 5.74) is 0. The smallest absolute Gasteiger partial charge is 0.211 e. The van der Waals surface area contributed by atoms with Gasteiger partial charge in [0.25, 0.3) is 0 Å². The molecule has 0 bridgehead atoms. The number of rotatable bonds is 3. The maximum absolute atomic E-state index is 10.7. The van der Waals surface area contributed by atoms with Crippen LogP contribution in [0.1, 0.15) is 13.8 Å². The number of nitrogens with zero attached hydrogens (tertiary/aromatic N) is 1. The Morgan fingerprint density at radius 3 is 2.00 bits per heavy atom. The van der Waals surface area contributed by atoms with Crippen LogP contribution in [0.25, 0.3) is 0 Å². The van der Waals surface area contributed by atoms with Crippen LogP contribution < -0.4 is 0 Å². The summed E-state index contributed by atoms with van der Waals surface area (Å²) in [5, 5.41) is 0. The molecule has 0 radical (unpaired) electrons. The van der Waals surface area contributed by atoms with Gasteiger partial charge >= 0.3 is 0 Å². The second kappa shape index (κ2) is 3.39. The summed E-state index contributed by atoms with van der Waals surface area (Å²) in [7, 11) is -3.15. The van der Waals surface area contributed by atoms with Gasteiger partial charge in [0.15, 0.2) is 0 Å². The van der Waals surface area contributed by atoms with Gasteiger partial charge in [-0.2, -0.15) is 0 Å². The number of sulfonamides is 1. The summed E-state index contributed by atoms with van der Waals surface area (Å²) < 4.78 is 22.3. The van der Waals surface area contributed by atoms with E-state index in [0.29, 0.717) is 6.54 Å². The molecular weight excluding hydrogens is 162 g/mol. The van der Waals surface area contributed by atoms with Gasteiger partial charge in [0.05, 0.1) is 5.75 Å². The van der Waals surface area contributed by atoms with Gasteiger partial charge in [0.2, 0.25) is 10.0 Å². The highest BCUT2D eigenvalue weighted by Crippen LogP contribution is 2.02. The van der Waals surface area contributed by atoms with Crippen LogP contribution >= 0.6 is 11.8 Å². The van der Waals surface area contributed by atoms with Crippen LogP contribution in [0.4, 0.5) is 0 Å². The third-order valence-corrected chi connectivity index (χ3v) is 3.38.